The molecule has 10 nitrogen and oxygen atoms in total. The first kappa shape index (κ1) is 23.8. The van der Waals surface area contributed by atoms with Crippen molar-refractivity contribution < 1.29 is 18.0 Å². The summed E-state index contributed by atoms with van der Waals surface area (Å²) in [7, 11) is -3.90. The third kappa shape index (κ3) is 4.64. The number of carbonyl (C=O) groups excluding carboxylic acids is 2. The third-order valence-corrected chi connectivity index (χ3v) is 7.94. The number of para-hydroxylation sites is 1. The van der Waals surface area contributed by atoms with Gasteiger partial charge in [0.25, 0.3) is 21.8 Å². The van der Waals surface area contributed by atoms with Crippen LogP contribution in [0.5, 0.6) is 0 Å². The summed E-state index contributed by atoms with van der Waals surface area (Å²) < 4.78 is 32.6. The molecule has 1 fully saturated rings. The number of amides is 2. The number of aryl methyl sites for hydroxylation is 1. The molecule has 0 bridgehead atoms. The topological polar surface area (TPSA) is 125 Å². The van der Waals surface area contributed by atoms with Crippen LogP contribution in [0.25, 0.3) is 10.9 Å². The number of benzene rings is 2. The summed E-state index contributed by atoms with van der Waals surface area (Å²) in [5, 5.41) is 6.15. The number of carbonyl (C=O) groups is 2. The van der Waals surface area contributed by atoms with E-state index in [0.717, 1.165) is 16.9 Å². The van der Waals surface area contributed by atoms with E-state index in [-0.39, 0.29) is 16.7 Å². The standard InChI is InChI=1S/C24H22N6O4S2/c1-16-14-18(23(31)29-10-12-30(13-11-29)24(32)20-15-35-28-26-20)7-8-19(16)27-36(33,34)21-6-2-4-17-5-3-9-25-22(17)21/h2-9,14-15,27H,10-13H2,1H3. The van der Waals surface area contributed by atoms with Crippen molar-refractivity contribution in [3.8, 4) is 0 Å². The Balaban J connectivity index is 1.28. The summed E-state index contributed by atoms with van der Waals surface area (Å²) in [4.78, 5) is 33.2. The second kappa shape index (κ2) is 9.63. The van der Waals surface area contributed by atoms with Crippen LogP contribution in [0.2, 0.25) is 0 Å². The highest BCUT2D eigenvalue weighted by Gasteiger charge is 2.27. The average Bonchev–Trinajstić information content (AvgIpc) is 3.44. The molecule has 4 aromatic rings. The van der Waals surface area contributed by atoms with Crippen LogP contribution in [0.3, 0.4) is 0 Å². The molecule has 3 heterocycles. The van der Waals surface area contributed by atoms with Gasteiger partial charge in [-0.1, -0.05) is 22.7 Å². The number of fused-ring (bicyclic) bond motifs is 1. The molecule has 5 rings (SSSR count). The van der Waals surface area contributed by atoms with Crippen molar-refractivity contribution in [1.29, 1.82) is 0 Å². The SMILES string of the molecule is Cc1cc(C(=O)N2CCN(C(=O)c3csnn3)CC2)ccc1NS(=O)(=O)c1cccc2cccnc12. The molecule has 2 aromatic heterocycles. The van der Waals surface area contributed by atoms with Crippen molar-refractivity contribution in [2.24, 2.45) is 0 Å². The zero-order chi connectivity index (χ0) is 25.3. The van der Waals surface area contributed by atoms with Gasteiger partial charge in [0.15, 0.2) is 5.69 Å². The second-order valence-corrected chi connectivity index (χ2v) is 10.6. The number of anilines is 1. The van der Waals surface area contributed by atoms with Gasteiger partial charge in [-0.25, -0.2) is 8.42 Å². The van der Waals surface area contributed by atoms with Gasteiger partial charge in [0.2, 0.25) is 0 Å². The van der Waals surface area contributed by atoms with E-state index >= 15 is 0 Å². The molecule has 0 unspecified atom stereocenters. The fourth-order valence-corrected chi connectivity index (χ4v) is 5.86. The molecule has 0 spiro atoms. The van der Waals surface area contributed by atoms with Gasteiger partial charge in [-0.05, 0) is 54.4 Å². The van der Waals surface area contributed by atoms with Gasteiger partial charge in [-0.2, -0.15) is 0 Å². The summed E-state index contributed by atoms with van der Waals surface area (Å²) in [6.07, 6.45) is 1.55. The fraction of sp³-hybridized carbons (Fsp3) is 0.208. The maximum atomic E-state index is 13.1. The minimum Gasteiger partial charge on any atom is -0.335 e. The molecule has 0 saturated carbocycles. The van der Waals surface area contributed by atoms with Crippen molar-refractivity contribution in [2.45, 2.75) is 11.8 Å². The molecule has 12 heteroatoms. The van der Waals surface area contributed by atoms with E-state index in [4.69, 9.17) is 0 Å². The quantitative estimate of drug-likeness (QED) is 0.427. The molecule has 1 aliphatic rings. The Kier molecular flexibility index (Phi) is 6.37. The van der Waals surface area contributed by atoms with Crippen LogP contribution in [-0.2, 0) is 10.0 Å². The average molecular weight is 523 g/mol. The van der Waals surface area contributed by atoms with Crippen molar-refractivity contribution >= 4 is 50.0 Å². The van der Waals surface area contributed by atoms with Crippen LogP contribution in [0.1, 0.15) is 26.4 Å². The van der Waals surface area contributed by atoms with Crippen molar-refractivity contribution in [2.75, 3.05) is 30.9 Å². The number of pyridine rings is 1. The summed E-state index contributed by atoms with van der Waals surface area (Å²) in [5.74, 6) is -0.363. The van der Waals surface area contributed by atoms with Gasteiger partial charge in [0, 0.05) is 48.7 Å². The number of nitrogens with zero attached hydrogens (tertiary/aromatic N) is 5. The maximum absolute atomic E-state index is 13.1. The zero-order valence-electron chi connectivity index (χ0n) is 19.3. The molecular weight excluding hydrogens is 500 g/mol. The van der Waals surface area contributed by atoms with Gasteiger partial charge in [0.1, 0.15) is 4.90 Å². The van der Waals surface area contributed by atoms with Gasteiger partial charge >= 0.3 is 0 Å². The maximum Gasteiger partial charge on any atom is 0.275 e. The Bertz CT molecular complexity index is 1540. The summed E-state index contributed by atoms with van der Waals surface area (Å²) in [6.45, 7) is 3.33. The number of aromatic nitrogens is 3. The lowest BCUT2D eigenvalue weighted by Crippen LogP contribution is -2.50. The van der Waals surface area contributed by atoms with Crippen LogP contribution in [0.15, 0.2) is 65.0 Å². The predicted molar refractivity (Wildman–Crippen MR) is 135 cm³/mol. The molecule has 1 saturated heterocycles. The first-order valence-electron chi connectivity index (χ1n) is 11.2. The number of sulfonamides is 1. The molecule has 1 aliphatic heterocycles. The predicted octanol–water partition coefficient (Wildman–Crippen LogP) is 2.79. The van der Waals surface area contributed by atoms with E-state index in [2.05, 4.69) is 19.3 Å². The smallest absolute Gasteiger partial charge is 0.275 e. The first-order chi connectivity index (χ1) is 17.3. The molecular formula is C24H22N6O4S2. The van der Waals surface area contributed by atoms with Gasteiger partial charge in [-0.3, -0.25) is 19.3 Å². The number of hydrogen-bond donors (Lipinski definition) is 1. The molecule has 0 aliphatic carbocycles. The monoisotopic (exact) mass is 522 g/mol. The molecule has 1 N–H and O–H groups in total. The molecule has 2 amide bonds. The Morgan fingerprint density at radius 3 is 2.39 bits per heavy atom. The van der Waals surface area contributed by atoms with E-state index in [9.17, 15) is 18.0 Å². The van der Waals surface area contributed by atoms with E-state index in [1.165, 1.54) is 6.07 Å². The Morgan fingerprint density at radius 2 is 1.69 bits per heavy atom. The van der Waals surface area contributed by atoms with E-state index in [0.29, 0.717) is 54.2 Å². The molecule has 36 heavy (non-hydrogen) atoms. The van der Waals surface area contributed by atoms with Crippen LogP contribution in [0.4, 0.5) is 5.69 Å². The lowest BCUT2D eigenvalue weighted by atomic mass is 10.1. The highest BCUT2D eigenvalue weighted by molar-refractivity contribution is 7.93. The first-order valence-corrected chi connectivity index (χ1v) is 13.5. The molecule has 2 aromatic carbocycles. The van der Waals surface area contributed by atoms with Crippen LogP contribution < -0.4 is 4.72 Å². The minimum atomic E-state index is -3.90. The zero-order valence-corrected chi connectivity index (χ0v) is 20.9. The van der Waals surface area contributed by atoms with Crippen LogP contribution in [0, 0.1) is 6.92 Å². The normalized spacial score (nSPS) is 14.1. The summed E-state index contributed by atoms with van der Waals surface area (Å²) >= 11 is 1.12. The van der Waals surface area contributed by atoms with Crippen LogP contribution in [-0.4, -0.2) is 70.8 Å². The second-order valence-electron chi connectivity index (χ2n) is 8.34. The summed E-state index contributed by atoms with van der Waals surface area (Å²) in [6, 6.07) is 13.4. The number of nitrogens with one attached hydrogen (secondary N) is 1. The highest BCUT2D eigenvalue weighted by atomic mass is 32.2. The molecule has 0 radical (unpaired) electrons. The molecule has 184 valence electrons. The number of hydrogen-bond acceptors (Lipinski definition) is 8. The van der Waals surface area contributed by atoms with E-state index in [1.54, 1.807) is 70.8 Å². The Morgan fingerprint density at radius 1 is 0.972 bits per heavy atom. The van der Waals surface area contributed by atoms with Crippen molar-refractivity contribution in [3.63, 3.8) is 0 Å². The summed E-state index contributed by atoms with van der Waals surface area (Å²) in [5.41, 5.74) is 2.15. The Hall–Kier alpha value is -3.90. The third-order valence-electron chi connectivity index (χ3n) is 6.04. The number of rotatable bonds is 5. The minimum absolute atomic E-state index is 0.0843. The lowest BCUT2D eigenvalue weighted by molar-refractivity contribution is 0.0532. The largest absolute Gasteiger partial charge is 0.335 e. The fourth-order valence-electron chi connectivity index (χ4n) is 4.12. The lowest BCUT2D eigenvalue weighted by Gasteiger charge is -2.34. The van der Waals surface area contributed by atoms with Crippen molar-refractivity contribution in [3.05, 3.63) is 76.9 Å². The van der Waals surface area contributed by atoms with Gasteiger partial charge in [-0.15, -0.1) is 5.10 Å². The van der Waals surface area contributed by atoms with E-state index in [1.807, 2.05) is 0 Å². The van der Waals surface area contributed by atoms with E-state index < -0.39 is 10.0 Å². The van der Waals surface area contributed by atoms with Gasteiger partial charge in [0.05, 0.1) is 11.2 Å². The van der Waals surface area contributed by atoms with Gasteiger partial charge < -0.3 is 9.80 Å². The van der Waals surface area contributed by atoms with Crippen molar-refractivity contribution in [1.82, 2.24) is 24.4 Å². The van der Waals surface area contributed by atoms with Crippen LogP contribution >= 0.6 is 11.5 Å². The highest BCUT2D eigenvalue weighted by Crippen LogP contribution is 2.25. The molecule has 0 atom stereocenters. The Labute approximate surface area is 211 Å². The number of piperazine rings is 1.